The fourth-order valence-electron chi connectivity index (χ4n) is 4.15. The Morgan fingerprint density at radius 3 is 2.28 bits per heavy atom. The largest absolute Gasteiger partial charge is 0.339 e. The van der Waals surface area contributed by atoms with Gasteiger partial charge in [0.05, 0.1) is 0 Å². The summed E-state index contributed by atoms with van der Waals surface area (Å²) >= 11 is 0. The van der Waals surface area contributed by atoms with Crippen molar-refractivity contribution < 1.29 is 9.59 Å². The molecule has 3 rings (SSSR count). The molecular weight excluding hydrogens is 312 g/mol. The van der Waals surface area contributed by atoms with E-state index >= 15 is 0 Å². The van der Waals surface area contributed by atoms with Crippen LogP contribution >= 0.6 is 0 Å². The number of piperazine rings is 1. The van der Waals surface area contributed by atoms with Gasteiger partial charge in [0.1, 0.15) is 0 Å². The first kappa shape index (κ1) is 18.0. The standard InChI is InChI=1S/C21H30N2O2/c1-15(2)20(19-8-7-17-5-4-6-18(17)13-19)14-21(25)23-11-9-22(10-12-23)16(3)24/h7-8,13,15,20H,4-6,9-12,14H2,1-3H3. The van der Waals surface area contributed by atoms with Crippen LogP contribution < -0.4 is 0 Å². The molecule has 1 aromatic carbocycles. The lowest BCUT2D eigenvalue weighted by Crippen LogP contribution is -2.50. The summed E-state index contributed by atoms with van der Waals surface area (Å²) in [5.74, 6) is 1.03. The Bertz CT molecular complexity index is 645. The van der Waals surface area contributed by atoms with Gasteiger partial charge in [-0.3, -0.25) is 9.59 Å². The van der Waals surface area contributed by atoms with Crippen molar-refractivity contribution in [3.8, 4) is 0 Å². The summed E-state index contributed by atoms with van der Waals surface area (Å²) in [6.07, 6.45) is 4.19. The Balaban J connectivity index is 1.66. The van der Waals surface area contributed by atoms with E-state index in [4.69, 9.17) is 0 Å². The molecule has 1 fully saturated rings. The molecule has 25 heavy (non-hydrogen) atoms. The van der Waals surface area contributed by atoms with Gasteiger partial charge in [0.25, 0.3) is 0 Å². The minimum absolute atomic E-state index is 0.102. The van der Waals surface area contributed by atoms with Gasteiger partial charge in [-0.25, -0.2) is 0 Å². The van der Waals surface area contributed by atoms with E-state index in [1.165, 1.54) is 36.0 Å². The Morgan fingerprint density at radius 1 is 1.00 bits per heavy atom. The van der Waals surface area contributed by atoms with Crippen LogP contribution in [0.1, 0.15) is 56.2 Å². The molecule has 0 aromatic heterocycles. The number of rotatable bonds is 4. The summed E-state index contributed by atoms with van der Waals surface area (Å²) in [5, 5.41) is 0. The van der Waals surface area contributed by atoms with E-state index in [1.54, 1.807) is 6.92 Å². The maximum atomic E-state index is 12.8. The molecule has 2 aliphatic rings. The number of hydrogen-bond acceptors (Lipinski definition) is 2. The fourth-order valence-corrected chi connectivity index (χ4v) is 4.15. The number of carbonyl (C=O) groups is 2. The predicted molar refractivity (Wildman–Crippen MR) is 99.5 cm³/mol. The number of amides is 2. The van der Waals surface area contributed by atoms with Gasteiger partial charge in [-0.15, -0.1) is 0 Å². The van der Waals surface area contributed by atoms with Gasteiger partial charge in [0, 0.05) is 39.5 Å². The highest BCUT2D eigenvalue weighted by molar-refractivity contribution is 5.78. The molecule has 0 spiro atoms. The molecule has 4 heteroatoms. The minimum Gasteiger partial charge on any atom is -0.339 e. The quantitative estimate of drug-likeness (QED) is 0.844. The van der Waals surface area contributed by atoms with E-state index in [2.05, 4.69) is 32.0 Å². The van der Waals surface area contributed by atoms with Crippen molar-refractivity contribution in [3.05, 3.63) is 34.9 Å². The van der Waals surface area contributed by atoms with Crippen molar-refractivity contribution in [2.24, 2.45) is 5.92 Å². The average Bonchev–Trinajstić information content (AvgIpc) is 3.06. The summed E-state index contributed by atoms with van der Waals surface area (Å²) in [4.78, 5) is 28.0. The van der Waals surface area contributed by atoms with Crippen LogP contribution in [0.4, 0.5) is 0 Å². The molecule has 136 valence electrons. The smallest absolute Gasteiger partial charge is 0.223 e. The average molecular weight is 342 g/mol. The SMILES string of the molecule is CC(=O)N1CCN(C(=O)CC(c2ccc3c(c2)CCC3)C(C)C)CC1. The fraction of sp³-hybridized carbons (Fsp3) is 0.619. The molecule has 1 unspecified atom stereocenters. The molecule has 1 atom stereocenters. The molecule has 0 radical (unpaired) electrons. The molecular formula is C21H30N2O2. The Labute approximate surface area is 151 Å². The van der Waals surface area contributed by atoms with Gasteiger partial charge < -0.3 is 9.80 Å². The van der Waals surface area contributed by atoms with Crippen molar-refractivity contribution in [2.45, 2.75) is 52.4 Å². The van der Waals surface area contributed by atoms with E-state index in [1.807, 2.05) is 9.80 Å². The zero-order chi connectivity index (χ0) is 18.0. The van der Waals surface area contributed by atoms with Gasteiger partial charge >= 0.3 is 0 Å². The van der Waals surface area contributed by atoms with Crippen LogP contribution in [0.3, 0.4) is 0 Å². The second-order valence-corrected chi connectivity index (χ2v) is 7.82. The highest BCUT2D eigenvalue weighted by atomic mass is 16.2. The second kappa shape index (κ2) is 7.59. The number of benzene rings is 1. The highest BCUT2D eigenvalue weighted by Gasteiger charge is 2.27. The summed E-state index contributed by atoms with van der Waals surface area (Å²) in [5.41, 5.74) is 4.27. The molecule has 0 N–H and O–H groups in total. The molecule has 0 saturated carbocycles. The summed E-state index contributed by atoms with van der Waals surface area (Å²) in [6.45, 7) is 8.65. The molecule has 1 aliphatic heterocycles. The monoisotopic (exact) mass is 342 g/mol. The zero-order valence-electron chi connectivity index (χ0n) is 15.8. The Hall–Kier alpha value is -1.84. The molecule has 1 aromatic rings. The first-order chi connectivity index (χ1) is 12.0. The van der Waals surface area contributed by atoms with Crippen molar-refractivity contribution >= 4 is 11.8 Å². The van der Waals surface area contributed by atoms with E-state index in [9.17, 15) is 9.59 Å². The molecule has 2 amide bonds. The first-order valence-electron chi connectivity index (χ1n) is 9.60. The third-order valence-corrected chi connectivity index (χ3v) is 5.83. The van der Waals surface area contributed by atoms with E-state index < -0.39 is 0 Å². The summed E-state index contributed by atoms with van der Waals surface area (Å²) in [7, 11) is 0. The summed E-state index contributed by atoms with van der Waals surface area (Å²) < 4.78 is 0. The van der Waals surface area contributed by atoms with Crippen LogP contribution in [0.25, 0.3) is 0 Å². The first-order valence-corrected chi connectivity index (χ1v) is 9.60. The van der Waals surface area contributed by atoms with Crippen LogP contribution in [0.2, 0.25) is 0 Å². The summed E-state index contributed by atoms with van der Waals surface area (Å²) in [6, 6.07) is 6.84. The molecule has 1 saturated heterocycles. The zero-order valence-corrected chi connectivity index (χ0v) is 15.8. The normalized spacial score (nSPS) is 18.4. The van der Waals surface area contributed by atoms with Crippen LogP contribution in [0.5, 0.6) is 0 Å². The topological polar surface area (TPSA) is 40.6 Å². The Morgan fingerprint density at radius 2 is 1.64 bits per heavy atom. The van der Waals surface area contributed by atoms with Crippen molar-refractivity contribution in [2.75, 3.05) is 26.2 Å². The van der Waals surface area contributed by atoms with Crippen LogP contribution in [0.15, 0.2) is 18.2 Å². The highest BCUT2D eigenvalue weighted by Crippen LogP contribution is 2.32. The second-order valence-electron chi connectivity index (χ2n) is 7.82. The maximum Gasteiger partial charge on any atom is 0.223 e. The predicted octanol–water partition coefficient (Wildman–Crippen LogP) is 3.00. The third kappa shape index (κ3) is 4.05. The van der Waals surface area contributed by atoms with E-state index in [0.29, 0.717) is 38.5 Å². The van der Waals surface area contributed by atoms with Gasteiger partial charge in [-0.2, -0.15) is 0 Å². The van der Waals surface area contributed by atoms with Gasteiger partial charge in [0.15, 0.2) is 0 Å². The van der Waals surface area contributed by atoms with Crippen molar-refractivity contribution in [3.63, 3.8) is 0 Å². The van der Waals surface area contributed by atoms with Crippen LogP contribution in [-0.2, 0) is 22.4 Å². The number of hydrogen-bond donors (Lipinski definition) is 0. The van der Waals surface area contributed by atoms with Gasteiger partial charge in [0.2, 0.25) is 11.8 Å². The molecule has 1 aliphatic carbocycles. The third-order valence-electron chi connectivity index (χ3n) is 5.83. The lowest BCUT2D eigenvalue weighted by atomic mass is 9.84. The van der Waals surface area contributed by atoms with E-state index in [-0.39, 0.29) is 17.7 Å². The number of fused-ring (bicyclic) bond motifs is 1. The molecule has 0 bridgehead atoms. The minimum atomic E-state index is 0.102. The van der Waals surface area contributed by atoms with Crippen LogP contribution in [-0.4, -0.2) is 47.8 Å². The lowest BCUT2D eigenvalue weighted by Gasteiger charge is -2.35. The van der Waals surface area contributed by atoms with Gasteiger partial charge in [-0.1, -0.05) is 32.0 Å². The number of aryl methyl sites for hydroxylation is 2. The lowest BCUT2D eigenvalue weighted by molar-refractivity contribution is -0.138. The molecule has 4 nitrogen and oxygen atoms in total. The van der Waals surface area contributed by atoms with Crippen molar-refractivity contribution in [1.82, 2.24) is 9.80 Å². The van der Waals surface area contributed by atoms with Gasteiger partial charge in [-0.05, 0) is 47.8 Å². The molecule has 1 heterocycles. The van der Waals surface area contributed by atoms with Crippen LogP contribution in [0, 0.1) is 5.92 Å². The number of carbonyl (C=O) groups excluding carboxylic acids is 2. The van der Waals surface area contributed by atoms with Crippen molar-refractivity contribution in [1.29, 1.82) is 0 Å². The number of nitrogens with zero attached hydrogens (tertiary/aromatic N) is 2. The maximum absolute atomic E-state index is 12.8. The Kier molecular flexibility index (Phi) is 5.45. The van der Waals surface area contributed by atoms with E-state index in [0.717, 1.165) is 0 Å².